The van der Waals surface area contributed by atoms with Crippen LogP contribution < -0.4 is 0 Å². The van der Waals surface area contributed by atoms with E-state index in [0.29, 0.717) is 5.92 Å². The fraction of sp³-hybridized carbons (Fsp3) is 0.333. The molecule has 4 nitrogen and oxygen atoms in total. The van der Waals surface area contributed by atoms with Crippen LogP contribution in [-0.4, -0.2) is 21.0 Å². The molecule has 3 rings (SSSR count). The predicted molar refractivity (Wildman–Crippen MR) is 65.4 cm³/mol. The zero-order valence-corrected chi connectivity index (χ0v) is 10.1. The topological polar surface area (TPSA) is 66.0 Å². The molecule has 1 fully saturated rings. The standard InChI is InChI=1S/C12H12N2O2S/c1-6-2-8(6)11-14-10(5-17-11)7-3-9(12(15)16)13-4-7/h3-6,8,13H,2H2,1H3,(H,15,16). The summed E-state index contributed by atoms with van der Waals surface area (Å²) >= 11 is 1.66. The van der Waals surface area contributed by atoms with Gasteiger partial charge in [0.1, 0.15) is 5.69 Å². The maximum atomic E-state index is 10.8. The molecule has 1 aliphatic rings. The Balaban J connectivity index is 1.87. The Morgan fingerprint density at radius 3 is 3.00 bits per heavy atom. The second-order valence-electron chi connectivity index (χ2n) is 4.50. The molecule has 0 spiro atoms. The summed E-state index contributed by atoms with van der Waals surface area (Å²) in [4.78, 5) is 18.1. The lowest BCUT2D eigenvalue weighted by Crippen LogP contribution is -1.94. The van der Waals surface area contributed by atoms with Crippen molar-refractivity contribution >= 4 is 17.3 Å². The van der Waals surface area contributed by atoms with Crippen LogP contribution in [-0.2, 0) is 0 Å². The van der Waals surface area contributed by atoms with E-state index >= 15 is 0 Å². The number of aromatic carboxylic acids is 1. The first-order valence-corrected chi connectivity index (χ1v) is 6.40. The lowest BCUT2D eigenvalue weighted by Gasteiger charge is -1.89. The third kappa shape index (κ3) is 1.86. The molecular weight excluding hydrogens is 236 g/mol. The van der Waals surface area contributed by atoms with E-state index < -0.39 is 5.97 Å². The van der Waals surface area contributed by atoms with Gasteiger partial charge in [0.05, 0.1) is 10.7 Å². The van der Waals surface area contributed by atoms with Crippen LogP contribution in [0.25, 0.3) is 11.3 Å². The van der Waals surface area contributed by atoms with Gasteiger partial charge < -0.3 is 10.1 Å². The minimum absolute atomic E-state index is 0.203. The highest BCUT2D eigenvalue weighted by atomic mass is 32.1. The van der Waals surface area contributed by atoms with E-state index in [1.165, 1.54) is 11.4 Å². The first kappa shape index (κ1) is 10.5. The molecule has 0 saturated heterocycles. The van der Waals surface area contributed by atoms with E-state index in [-0.39, 0.29) is 5.69 Å². The van der Waals surface area contributed by atoms with Crippen LogP contribution >= 0.6 is 11.3 Å². The Morgan fingerprint density at radius 2 is 2.41 bits per heavy atom. The summed E-state index contributed by atoms with van der Waals surface area (Å²) in [6.45, 7) is 2.23. The Kier molecular flexibility index (Phi) is 2.29. The normalized spacial score (nSPS) is 22.6. The van der Waals surface area contributed by atoms with Crippen molar-refractivity contribution in [3.63, 3.8) is 0 Å². The van der Waals surface area contributed by atoms with E-state index in [0.717, 1.165) is 17.2 Å². The van der Waals surface area contributed by atoms with Crippen LogP contribution in [0.4, 0.5) is 0 Å². The maximum absolute atomic E-state index is 10.8. The van der Waals surface area contributed by atoms with Crippen LogP contribution in [0, 0.1) is 5.92 Å². The lowest BCUT2D eigenvalue weighted by molar-refractivity contribution is 0.0691. The Labute approximate surface area is 102 Å². The fourth-order valence-electron chi connectivity index (χ4n) is 1.92. The number of nitrogens with zero attached hydrogens (tertiary/aromatic N) is 1. The van der Waals surface area contributed by atoms with Gasteiger partial charge in [-0.15, -0.1) is 11.3 Å². The molecule has 0 radical (unpaired) electrons. The zero-order valence-electron chi connectivity index (χ0n) is 9.30. The summed E-state index contributed by atoms with van der Waals surface area (Å²) < 4.78 is 0. The first-order chi connectivity index (χ1) is 8.15. The van der Waals surface area contributed by atoms with Gasteiger partial charge in [-0.2, -0.15) is 0 Å². The van der Waals surface area contributed by atoms with Crippen molar-refractivity contribution in [1.82, 2.24) is 9.97 Å². The predicted octanol–water partition coefficient (Wildman–Crippen LogP) is 2.96. The smallest absolute Gasteiger partial charge is 0.352 e. The summed E-state index contributed by atoms with van der Waals surface area (Å²) in [7, 11) is 0. The average Bonchev–Trinajstić information content (AvgIpc) is 2.78. The molecule has 2 unspecified atom stereocenters. The van der Waals surface area contributed by atoms with Gasteiger partial charge in [0.2, 0.25) is 0 Å². The molecule has 0 aliphatic heterocycles. The summed E-state index contributed by atoms with van der Waals surface area (Å²) in [6.07, 6.45) is 2.92. The molecule has 1 saturated carbocycles. The van der Waals surface area contributed by atoms with Crippen molar-refractivity contribution in [1.29, 1.82) is 0 Å². The molecule has 2 aromatic rings. The molecule has 2 N–H and O–H groups in total. The van der Waals surface area contributed by atoms with Crippen LogP contribution in [0.5, 0.6) is 0 Å². The molecule has 2 aromatic heterocycles. The molecular formula is C12H12N2O2S. The lowest BCUT2D eigenvalue weighted by atomic mass is 10.2. The van der Waals surface area contributed by atoms with Gasteiger partial charge >= 0.3 is 5.97 Å². The number of aromatic amines is 1. The number of carboxylic acids is 1. The monoisotopic (exact) mass is 248 g/mol. The second-order valence-corrected chi connectivity index (χ2v) is 5.39. The van der Waals surface area contributed by atoms with Crippen molar-refractivity contribution < 1.29 is 9.90 Å². The summed E-state index contributed by atoms with van der Waals surface area (Å²) in [5, 5.41) is 12.0. The van der Waals surface area contributed by atoms with E-state index in [2.05, 4.69) is 16.9 Å². The number of carboxylic acid groups (broad SMARTS) is 1. The van der Waals surface area contributed by atoms with Gasteiger partial charge in [-0.3, -0.25) is 0 Å². The quantitative estimate of drug-likeness (QED) is 0.877. The number of rotatable bonds is 3. The summed E-state index contributed by atoms with van der Waals surface area (Å²) in [5.74, 6) is 0.420. The largest absolute Gasteiger partial charge is 0.477 e. The summed E-state index contributed by atoms with van der Waals surface area (Å²) in [6, 6.07) is 1.62. The van der Waals surface area contributed by atoms with Gasteiger partial charge in [-0.25, -0.2) is 9.78 Å². The van der Waals surface area contributed by atoms with E-state index in [1.807, 2.05) is 5.38 Å². The zero-order chi connectivity index (χ0) is 12.0. The number of hydrogen-bond acceptors (Lipinski definition) is 3. The minimum atomic E-state index is -0.942. The maximum Gasteiger partial charge on any atom is 0.352 e. The molecule has 0 amide bonds. The van der Waals surface area contributed by atoms with Gasteiger partial charge in [0, 0.05) is 23.1 Å². The van der Waals surface area contributed by atoms with Crippen LogP contribution in [0.2, 0.25) is 0 Å². The second kappa shape index (κ2) is 3.70. The van der Waals surface area contributed by atoms with E-state index in [9.17, 15) is 4.79 Å². The van der Waals surface area contributed by atoms with Gasteiger partial charge in [0.15, 0.2) is 0 Å². The molecule has 0 aromatic carbocycles. The van der Waals surface area contributed by atoms with E-state index in [4.69, 9.17) is 5.11 Å². The van der Waals surface area contributed by atoms with Gasteiger partial charge in [-0.1, -0.05) is 6.92 Å². The minimum Gasteiger partial charge on any atom is -0.477 e. The molecule has 2 heterocycles. The molecule has 88 valence electrons. The number of nitrogens with one attached hydrogen (secondary N) is 1. The summed E-state index contributed by atoms with van der Waals surface area (Å²) in [5.41, 5.74) is 1.92. The SMILES string of the molecule is CC1CC1c1nc(-c2c[nH]c(C(=O)O)c2)cs1. The van der Waals surface area contributed by atoms with Crippen LogP contribution in [0.3, 0.4) is 0 Å². The Hall–Kier alpha value is -1.62. The molecule has 1 aliphatic carbocycles. The van der Waals surface area contributed by atoms with Crippen LogP contribution in [0.1, 0.15) is 34.8 Å². The van der Waals surface area contributed by atoms with Crippen molar-refractivity contribution in [2.45, 2.75) is 19.3 Å². The Bertz CT molecular complexity index is 573. The molecule has 2 atom stereocenters. The fourth-order valence-corrected chi connectivity index (χ4v) is 3.00. The van der Waals surface area contributed by atoms with E-state index in [1.54, 1.807) is 23.6 Å². The first-order valence-electron chi connectivity index (χ1n) is 5.52. The molecule has 0 bridgehead atoms. The van der Waals surface area contributed by atoms with Crippen molar-refractivity contribution in [2.24, 2.45) is 5.92 Å². The highest BCUT2D eigenvalue weighted by molar-refractivity contribution is 7.10. The number of aromatic nitrogens is 2. The van der Waals surface area contributed by atoms with Gasteiger partial charge in [-0.05, 0) is 18.4 Å². The number of hydrogen-bond donors (Lipinski definition) is 2. The molecule has 5 heteroatoms. The number of thiazole rings is 1. The van der Waals surface area contributed by atoms with Gasteiger partial charge in [0.25, 0.3) is 0 Å². The highest BCUT2D eigenvalue weighted by Crippen LogP contribution is 2.48. The average molecular weight is 248 g/mol. The highest BCUT2D eigenvalue weighted by Gasteiger charge is 2.36. The third-order valence-electron chi connectivity index (χ3n) is 3.16. The molecule has 17 heavy (non-hydrogen) atoms. The van der Waals surface area contributed by atoms with Crippen molar-refractivity contribution in [3.05, 3.63) is 28.3 Å². The number of carbonyl (C=O) groups is 1. The van der Waals surface area contributed by atoms with Crippen LogP contribution in [0.15, 0.2) is 17.6 Å². The van der Waals surface area contributed by atoms with Crippen molar-refractivity contribution in [2.75, 3.05) is 0 Å². The third-order valence-corrected chi connectivity index (χ3v) is 4.13. The Morgan fingerprint density at radius 1 is 1.65 bits per heavy atom. The number of H-pyrrole nitrogens is 1. The van der Waals surface area contributed by atoms with Crippen molar-refractivity contribution in [3.8, 4) is 11.3 Å².